The molecule has 5 nitrogen and oxygen atoms in total. The van der Waals surface area contributed by atoms with Gasteiger partial charge in [0.05, 0.1) is 5.56 Å². The number of nitrogens with zero attached hydrogens (tertiary/aromatic N) is 1. The van der Waals surface area contributed by atoms with Gasteiger partial charge in [-0.2, -0.15) is 0 Å². The lowest BCUT2D eigenvalue weighted by atomic mass is 10.0. The maximum Gasteiger partial charge on any atom is 0.250 e. The Morgan fingerprint density at radius 1 is 1.47 bits per heavy atom. The second-order valence-electron chi connectivity index (χ2n) is 5.05. The van der Waals surface area contributed by atoms with Gasteiger partial charge in [-0.1, -0.05) is 6.42 Å². The van der Waals surface area contributed by atoms with Crippen LogP contribution in [0.4, 0.5) is 5.69 Å². The Morgan fingerprint density at radius 2 is 2.26 bits per heavy atom. The Morgan fingerprint density at radius 3 is 2.95 bits per heavy atom. The van der Waals surface area contributed by atoms with Crippen LogP contribution in [-0.4, -0.2) is 37.0 Å². The van der Waals surface area contributed by atoms with E-state index in [0.29, 0.717) is 29.6 Å². The molecule has 1 aromatic rings. The van der Waals surface area contributed by atoms with Crippen LogP contribution in [0, 0.1) is 0 Å². The number of primary amides is 1. The van der Waals surface area contributed by atoms with Gasteiger partial charge in [0.25, 0.3) is 5.91 Å². The number of likely N-dealkylation sites (N-methyl/N-ethyl adjacent to an activating group) is 1. The normalized spacial score (nSPS) is 20.2. The van der Waals surface area contributed by atoms with Crippen LogP contribution in [0.2, 0.25) is 0 Å². The van der Waals surface area contributed by atoms with Crippen molar-refractivity contribution in [2.45, 2.75) is 25.3 Å². The molecule has 4 N–H and O–H groups in total. The Bertz CT molecular complexity index is 462. The van der Waals surface area contributed by atoms with E-state index in [2.05, 4.69) is 11.9 Å². The molecule has 1 atom stereocenters. The predicted molar refractivity (Wildman–Crippen MR) is 75.1 cm³/mol. The first kappa shape index (κ1) is 13.7. The van der Waals surface area contributed by atoms with Crippen LogP contribution in [0.1, 0.15) is 29.6 Å². The SMILES string of the molecule is CN1CCCCC1COc1ccc(N)c(C(N)=O)c1. The fourth-order valence-electron chi connectivity index (χ4n) is 2.39. The number of amides is 1. The van der Waals surface area contributed by atoms with Crippen LogP contribution < -0.4 is 16.2 Å². The number of ether oxygens (including phenoxy) is 1. The maximum atomic E-state index is 11.2. The zero-order valence-electron chi connectivity index (χ0n) is 11.3. The average Bonchev–Trinajstić information content (AvgIpc) is 2.39. The van der Waals surface area contributed by atoms with Crippen LogP contribution >= 0.6 is 0 Å². The first-order valence-electron chi connectivity index (χ1n) is 6.60. The van der Waals surface area contributed by atoms with Gasteiger partial charge in [-0.15, -0.1) is 0 Å². The number of nitrogens with two attached hydrogens (primary N) is 2. The number of carbonyl (C=O) groups excluding carboxylic acids is 1. The zero-order valence-corrected chi connectivity index (χ0v) is 11.3. The van der Waals surface area contributed by atoms with Crippen LogP contribution in [-0.2, 0) is 0 Å². The molecule has 1 fully saturated rings. The first-order chi connectivity index (χ1) is 9.08. The zero-order chi connectivity index (χ0) is 13.8. The Balaban J connectivity index is 1.99. The lowest BCUT2D eigenvalue weighted by Crippen LogP contribution is -2.40. The van der Waals surface area contributed by atoms with Crippen molar-refractivity contribution in [1.29, 1.82) is 0 Å². The van der Waals surface area contributed by atoms with Gasteiger partial charge >= 0.3 is 0 Å². The number of piperidine rings is 1. The predicted octanol–water partition coefficient (Wildman–Crippen LogP) is 1.23. The molecule has 2 rings (SSSR count). The summed E-state index contributed by atoms with van der Waals surface area (Å²) >= 11 is 0. The van der Waals surface area contributed by atoms with E-state index in [4.69, 9.17) is 16.2 Å². The number of hydrogen-bond acceptors (Lipinski definition) is 4. The van der Waals surface area contributed by atoms with E-state index in [1.165, 1.54) is 12.8 Å². The Labute approximate surface area is 113 Å². The number of likely N-dealkylation sites (tertiary alicyclic amines) is 1. The molecule has 0 saturated carbocycles. The van der Waals surface area contributed by atoms with E-state index in [0.717, 1.165) is 13.0 Å². The van der Waals surface area contributed by atoms with Crippen molar-refractivity contribution in [1.82, 2.24) is 4.90 Å². The third kappa shape index (κ3) is 3.38. The second-order valence-corrected chi connectivity index (χ2v) is 5.05. The quantitative estimate of drug-likeness (QED) is 0.801. The number of carbonyl (C=O) groups is 1. The largest absolute Gasteiger partial charge is 0.492 e. The molecule has 1 amide bonds. The van der Waals surface area contributed by atoms with Crippen molar-refractivity contribution in [3.63, 3.8) is 0 Å². The van der Waals surface area contributed by atoms with E-state index >= 15 is 0 Å². The molecule has 1 aliphatic rings. The topological polar surface area (TPSA) is 81.6 Å². The lowest BCUT2D eigenvalue weighted by molar-refractivity contribution is 0.1000. The summed E-state index contributed by atoms with van der Waals surface area (Å²) < 4.78 is 5.76. The highest BCUT2D eigenvalue weighted by Gasteiger charge is 2.19. The molecule has 19 heavy (non-hydrogen) atoms. The molecule has 1 heterocycles. The van der Waals surface area contributed by atoms with Crippen LogP contribution in [0.25, 0.3) is 0 Å². The van der Waals surface area contributed by atoms with Crippen molar-refractivity contribution >= 4 is 11.6 Å². The molecule has 1 saturated heterocycles. The highest BCUT2D eigenvalue weighted by molar-refractivity contribution is 5.98. The molecular weight excluding hydrogens is 242 g/mol. The van der Waals surface area contributed by atoms with Gasteiger partial charge in [0, 0.05) is 11.7 Å². The fraction of sp³-hybridized carbons (Fsp3) is 0.500. The summed E-state index contributed by atoms with van der Waals surface area (Å²) in [7, 11) is 2.12. The summed E-state index contributed by atoms with van der Waals surface area (Å²) in [5.74, 6) is 0.111. The third-order valence-corrected chi connectivity index (χ3v) is 3.65. The molecule has 0 radical (unpaired) electrons. The smallest absolute Gasteiger partial charge is 0.250 e. The summed E-state index contributed by atoms with van der Waals surface area (Å²) in [6.07, 6.45) is 3.64. The minimum absolute atomic E-state index is 0.314. The van der Waals surface area contributed by atoms with Crippen molar-refractivity contribution < 1.29 is 9.53 Å². The van der Waals surface area contributed by atoms with E-state index < -0.39 is 5.91 Å². The minimum atomic E-state index is -0.530. The number of anilines is 1. The number of hydrogen-bond donors (Lipinski definition) is 2. The Hall–Kier alpha value is -1.75. The van der Waals surface area contributed by atoms with Gasteiger partial charge in [0.1, 0.15) is 12.4 Å². The average molecular weight is 263 g/mol. The van der Waals surface area contributed by atoms with Crippen molar-refractivity contribution in [3.8, 4) is 5.75 Å². The van der Waals surface area contributed by atoms with Gasteiger partial charge in [-0.25, -0.2) is 0 Å². The molecule has 0 aromatic heterocycles. The van der Waals surface area contributed by atoms with Gasteiger partial charge in [-0.05, 0) is 44.6 Å². The number of nitrogen functional groups attached to an aromatic ring is 1. The highest BCUT2D eigenvalue weighted by atomic mass is 16.5. The highest BCUT2D eigenvalue weighted by Crippen LogP contribution is 2.21. The molecule has 0 aliphatic carbocycles. The third-order valence-electron chi connectivity index (χ3n) is 3.65. The summed E-state index contributed by atoms with van der Waals surface area (Å²) in [5, 5.41) is 0. The van der Waals surface area contributed by atoms with Crippen LogP contribution in [0.3, 0.4) is 0 Å². The van der Waals surface area contributed by atoms with Crippen molar-refractivity contribution in [3.05, 3.63) is 23.8 Å². The van der Waals surface area contributed by atoms with Gasteiger partial charge < -0.3 is 21.1 Å². The molecule has 1 aromatic carbocycles. The first-order valence-corrected chi connectivity index (χ1v) is 6.60. The molecule has 1 unspecified atom stereocenters. The lowest BCUT2D eigenvalue weighted by Gasteiger charge is -2.32. The molecule has 5 heteroatoms. The maximum absolute atomic E-state index is 11.2. The van der Waals surface area contributed by atoms with Crippen molar-refractivity contribution in [2.75, 3.05) is 25.9 Å². The fourth-order valence-corrected chi connectivity index (χ4v) is 2.39. The molecule has 0 spiro atoms. The van der Waals surface area contributed by atoms with Crippen molar-refractivity contribution in [2.24, 2.45) is 5.73 Å². The second kappa shape index (κ2) is 5.93. The van der Waals surface area contributed by atoms with E-state index in [1.54, 1.807) is 18.2 Å². The summed E-state index contributed by atoms with van der Waals surface area (Å²) in [6, 6.07) is 5.47. The Kier molecular flexibility index (Phi) is 4.27. The number of benzene rings is 1. The van der Waals surface area contributed by atoms with Crippen LogP contribution in [0.15, 0.2) is 18.2 Å². The van der Waals surface area contributed by atoms with Gasteiger partial charge in [-0.3, -0.25) is 4.79 Å². The minimum Gasteiger partial charge on any atom is -0.492 e. The van der Waals surface area contributed by atoms with Crippen LogP contribution in [0.5, 0.6) is 5.75 Å². The van der Waals surface area contributed by atoms with Gasteiger partial charge in [0.15, 0.2) is 0 Å². The van der Waals surface area contributed by atoms with E-state index in [9.17, 15) is 4.79 Å². The molecule has 104 valence electrons. The van der Waals surface area contributed by atoms with E-state index in [-0.39, 0.29) is 0 Å². The number of rotatable bonds is 4. The monoisotopic (exact) mass is 263 g/mol. The van der Waals surface area contributed by atoms with E-state index in [1.807, 2.05) is 0 Å². The molecule has 1 aliphatic heterocycles. The van der Waals surface area contributed by atoms with Gasteiger partial charge in [0.2, 0.25) is 0 Å². The standard InChI is InChI=1S/C14H21N3O2/c1-17-7-3-2-4-10(17)9-19-11-5-6-13(15)12(8-11)14(16)18/h5-6,8,10H,2-4,7,9,15H2,1H3,(H2,16,18). The summed E-state index contributed by atoms with van der Waals surface area (Å²) in [5.41, 5.74) is 11.6. The molecule has 0 bridgehead atoms. The summed E-state index contributed by atoms with van der Waals surface area (Å²) in [4.78, 5) is 13.5. The molecular formula is C14H21N3O2. The summed E-state index contributed by atoms with van der Waals surface area (Å²) in [6.45, 7) is 1.74.